The van der Waals surface area contributed by atoms with Gasteiger partial charge in [0.05, 0.1) is 12.7 Å². The minimum absolute atomic E-state index is 0.119. The fourth-order valence-electron chi connectivity index (χ4n) is 1.11. The Balaban J connectivity index is 2.41. The number of esters is 1. The highest BCUT2D eigenvalue weighted by atomic mass is 19.1. The number of aliphatic hydroxyl groups is 1. The van der Waals surface area contributed by atoms with Gasteiger partial charge >= 0.3 is 5.97 Å². The zero-order valence-corrected chi connectivity index (χ0v) is 6.34. The van der Waals surface area contributed by atoms with Crippen molar-refractivity contribution in [3.8, 4) is 0 Å². The fourth-order valence-corrected chi connectivity index (χ4v) is 1.11. The van der Waals surface area contributed by atoms with E-state index < -0.39 is 17.7 Å². The molecule has 0 spiro atoms. The molecule has 4 heteroatoms. The SMILES string of the molecule is CCOC(=O)C1(F)CC(O)C1. The average molecular weight is 162 g/mol. The van der Waals surface area contributed by atoms with Crippen molar-refractivity contribution < 1.29 is 19.0 Å². The summed E-state index contributed by atoms with van der Waals surface area (Å²) >= 11 is 0. The zero-order valence-electron chi connectivity index (χ0n) is 6.34. The summed E-state index contributed by atoms with van der Waals surface area (Å²) in [6, 6.07) is 0. The van der Waals surface area contributed by atoms with Gasteiger partial charge in [-0.05, 0) is 6.92 Å². The lowest BCUT2D eigenvalue weighted by Gasteiger charge is -2.35. The number of carbonyl (C=O) groups is 1. The Labute approximate surface area is 64.2 Å². The van der Waals surface area contributed by atoms with Gasteiger partial charge in [0.15, 0.2) is 0 Å². The lowest BCUT2D eigenvalue weighted by molar-refractivity contribution is -0.172. The summed E-state index contributed by atoms with van der Waals surface area (Å²) in [5.41, 5.74) is -1.91. The Morgan fingerprint density at radius 1 is 1.82 bits per heavy atom. The lowest BCUT2D eigenvalue weighted by Crippen LogP contribution is -2.50. The molecule has 1 N–H and O–H groups in total. The van der Waals surface area contributed by atoms with Crippen LogP contribution in [-0.2, 0) is 9.53 Å². The van der Waals surface area contributed by atoms with Crippen LogP contribution in [0.5, 0.6) is 0 Å². The predicted molar refractivity (Wildman–Crippen MR) is 35.7 cm³/mol. The third-order valence-electron chi connectivity index (χ3n) is 1.76. The molecule has 0 atom stereocenters. The van der Waals surface area contributed by atoms with Gasteiger partial charge in [-0.2, -0.15) is 0 Å². The molecule has 0 aromatic rings. The van der Waals surface area contributed by atoms with E-state index in [4.69, 9.17) is 5.11 Å². The number of carbonyl (C=O) groups excluding carboxylic acids is 1. The molecule has 0 aromatic carbocycles. The number of ether oxygens (including phenoxy) is 1. The molecule has 3 nitrogen and oxygen atoms in total. The summed E-state index contributed by atoms with van der Waals surface area (Å²) in [4.78, 5) is 10.8. The Bertz CT molecular complexity index is 163. The van der Waals surface area contributed by atoms with Gasteiger partial charge in [0.25, 0.3) is 0 Å². The van der Waals surface area contributed by atoms with E-state index in [9.17, 15) is 9.18 Å². The molecule has 1 fully saturated rings. The number of alkyl halides is 1. The highest BCUT2D eigenvalue weighted by Gasteiger charge is 2.51. The zero-order chi connectivity index (χ0) is 8.48. The maximum absolute atomic E-state index is 13.1. The minimum atomic E-state index is -1.91. The molecule has 1 saturated carbocycles. The summed E-state index contributed by atoms with van der Waals surface area (Å²) in [6.07, 6.45) is -0.915. The first-order chi connectivity index (χ1) is 5.08. The summed E-state index contributed by atoms with van der Waals surface area (Å²) in [5, 5.41) is 8.75. The molecule has 1 aliphatic rings. The molecular weight excluding hydrogens is 151 g/mol. The molecule has 1 rings (SSSR count). The van der Waals surface area contributed by atoms with Gasteiger partial charge < -0.3 is 9.84 Å². The lowest BCUT2D eigenvalue weighted by atomic mass is 9.79. The van der Waals surface area contributed by atoms with Gasteiger partial charge in [0, 0.05) is 12.8 Å². The van der Waals surface area contributed by atoms with Gasteiger partial charge in [0.2, 0.25) is 5.67 Å². The van der Waals surface area contributed by atoms with Crippen molar-refractivity contribution in [1.29, 1.82) is 0 Å². The van der Waals surface area contributed by atoms with E-state index in [1.54, 1.807) is 6.92 Å². The standard InChI is InChI=1S/C7H11FO3/c1-2-11-6(10)7(8)3-5(9)4-7/h5,9H,2-4H2,1H3. The van der Waals surface area contributed by atoms with Crippen LogP contribution in [0.25, 0.3) is 0 Å². The van der Waals surface area contributed by atoms with E-state index in [-0.39, 0.29) is 19.4 Å². The van der Waals surface area contributed by atoms with Crippen molar-refractivity contribution in [2.45, 2.75) is 31.5 Å². The van der Waals surface area contributed by atoms with E-state index >= 15 is 0 Å². The second-order valence-electron chi connectivity index (χ2n) is 2.75. The highest BCUT2D eigenvalue weighted by molar-refractivity contribution is 5.80. The minimum Gasteiger partial charge on any atom is -0.464 e. The van der Waals surface area contributed by atoms with Crippen LogP contribution in [0.4, 0.5) is 4.39 Å². The third kappa shape index (κ3) is 1.50. The predicted octanol–water partition coefficient (Wildman–Crippen LogP) is 0.413. The van der Waals surface area contributed by atoms with Crippen molar-refractivity contribution in [2.24, 2.45) is 0 Å². The van der Waals surface area contributed by atoms with Crippen LogP contribution in [-0.4, -0.2) is 29.5 Å². The van der Waals surface area contributed by atoms with Crippen molar-refractivity contribution in [3.63, 3.8) is 0 Å². The smallest absolute Gasteiger partial charge is 0.344 e. The molecule has 0 bridgehead atoms. The first kappa shape index (κ1) is 8.46. The molecule has 1 aliphatic carbocycles. The number of hydrogen-bond donors (Lipinski definition) is 1. The highest BCUT2D eigenvalue weighted by Crippen LogP contribution is 2.37. The molecule has 0 amide bonds. The van der Waals surface area contributed by atoms with Crippen LogP contribution in [0.2, 0.25) is 0 Å². The summed E-state index contributed by atoms with van der Waals surface area (Å²) in [6.45, 7) is 1.80. The average Bonchev–Trinajstić information content (AvgIpc) is 1.85. The summed E-state index contributed by atoms with van der Waals surface area (Å²) in [5.74, 6) is -0.842. The van der Waals surface area contributed by atoms with Crippen LogP contribution in [0.1, 0.15) is 19.8 Å². The van der Waals surface area contributed by atoms with Gasteiger partial charge in [-0.3, -0.25) is 0 Å². The van der Waals surface area contributed by atoms with E-state index in [2.05, 4.69) is 4.74 Å². The second kappa shape index (κ2) is 2.77. The normalized spacial score (nSPS) is 36.1. The third-order valence-corrected chi connectivity index (χ3v) is 1.76. The molecule has 0 radical (unpaired) electrons. The van der Waals surface area contributed by atoms with E-state index in [0.29, 0.717) is 0 Å². The van der Waals surface area contributed by atoms with Gasteiger partial charge in [-0.15, -0.1) is 0 Å². The van der Waals surface area contributed by atoms with Crippen molar-refractivity contribution in [3.05, 3.63) is 0 Å². The Morgan fingerprint density at radius 2 is 2.36 bits per heavy atom. The van der Waals surface area contributed by atoms with E-state index in [1.165, 1.54) is 0 Å². The number of hydrogen-bond acceptors (Lipinski definition) is 3. The van der Waals surface area contributed by atoms with Crippen molar-refractivity contribution >= 4 is 5.97 Å². The second-order valence-corrected chi connectivity index (χ2v) is 2.75. The van der Waals surface area contributed by atoms with Gasteiger partial charge in [-0.1, -0.05) is 0 Å². The molecule has 11 heavy (non-hydrogen) atoms. The number of aliphatic hydroxyl groups excluding tert-OH is 1. The largest absolute Gasteiger partial charge is 0.464 e. The first-order valence-electron chi connectivity index (χ1n) is 3.62. The van der Waals surface area contributed by atoms with Crippen LogP contribution in [0, 0.1) is 0 Å². The van der Waals surface area contributed by atoms with Crippen LogP contribution >= 0.6 is 0 Å². The molecule has 64 valence electrons. The molecular formula is C7H11FO3. The molecule has 0 heterocycles. The quantitative estimate of drug-likeness (QED) is 0.598. The molecule has 0 aromatic heterocycles. The number of halogens is 1. The van der Waals surface area contributed by atoms with Crippen molar-refractivity contribution in [1.82, 2.24) is 0 Å². The van der Waals surface area contributed by atoms with Crippen LogP contribution in [0.15, 0.2) is 0 Å². The fraction of sp³-hybridized carbons (Fsp3) is 0.857. The molecule has 0 aliphatic heterocycles. The summed E-state index contributed by atoms with van der Waals surface area (Å²) in [7, 11) is 0. The Morgan fingerprint density at radius 3 is 2.73 bits per heavy atom. The Hall–Kier alpha value is -0.640. The van der Waals surface area contributed by atoms with Gasteiger partial charge in [-0.25, -0.2) is 9.18 Å². The van der Waals surface area contributed by atoms with Crippen LogP contribution in [0.3, 0.4) is 0 Å². The molecule has 0 unspecified atom stereocenters. The Kier molecular flexibility index (Phi) is 2.13. The van der Waals surface area contributed by atoms with Gasteiger partial charge in [0.1, 0.15) is 0 Å². The first-order valence-corrected chi connectivity index (χ1v) is 3.62. The monoisotopic (exact) mass is 162 g/mol. The summed E-state index contributed by atoms with van der Waals surface area (Å²) < 4.78 is 17.6. The maximum Gasteiger partial charge on any atom is 0.344 e. The maximum atomic E-state index is 13.1. The van der Waals surface area contributed by atoms with E-state index in [0.717, 1.165) is 0 Å². The van der Waals surface area contributed by atoms with Crippen molar-refractivity contribution in [2.75, 3.05) is 6.61 Å². The molecule has 0 saturated heterocycles. The topological polar surface area (TPSA) is 46.5 Å². The number of rotatable bonds is 2. The van der Waals surface area contributed by atoms with E-state index in [1.807, 2.05) is 0 Å². The van der Waals surface area contributed by atoms with Crippen LogP contribution < -0.4 is 0 Å².